The van der Waals surface area contributed by atoms with Gasteiger partial charge in [-0.2, -0.15) is 5.26 Å². The first-order valence-corrected chi connectivity index (χ1v) is 5.94. The molecule has 0 radical (unpaired) electrons. The van der Waals surface area contributed by atoms with E-state index in [0.29, 0.717) is 11.1 Å². The third kappa shape index (κ3) is 2.92. The monoisotopic (exact) mass is 274 g/mol. The molecule has 0 unspecified atom stereocenters. The Morgan fingerprint density at radius 2 is 1.95 bits per heavy atom. The molecule has 0 aliphatic heterocycles. The van der Waals surface area contributed by atoms with Gasteiger partial charge in [-0.25, -0.2) is 8.78 Å². The van der Waals surface area contributed by atoms with Gasteiger partial charge in [0.05, 0.1) is 5.56 Å². The maximum Gasteiger partial charge on any atom is 0.165 e. The fourth-order valence-electron chi connectivity index (χ4n) is 1.78. The SMILES string of the molecule is N#Cc1cc(COc2c(F)cccc2CN)ccc1F. The van der Waals surface area contributed by atoms with Gasteiger partial charge in [0, 0.05) is 12.1 Å². The number of hydrogen-bond acceptors (Lipinski definition) is 3. The predicted molar refractivity (Wildman–Crippen MR) is 69.7 cm³/mol. The van der Waals surface area contributed by atoms with Crippen molar-refractivity contribution in [2.24, 2.45) is 5.73 Å². The van der Waals surface area contributed by atoms with Gasteiger partial charge in [0.15, 0.2) is 11.6 Å². The molecule has 0 saturated carbocycles. The Bertz CT molecular complexity index is 665. The summed E-state index contributed by atoms with van der Waals surface area (Å²) in [6.07, 6.45) is 0. The topological polar surface area (TPSA) is 59.0 Å². The van der Waals surface area contributed by atoms with Crippen molar-refractivity contribution in [3.05, 3.63) is 64.7 Å². The van der Waals surface area contributed by atoms with E-state index in [1.165, 1.54) is 24.3 Å². The molecular weight excluding hydrogens is 262 g/mol. The smallest absolute Gasteiger partial charge is 0.165 e. The first kappa shape index (κ1) is 14.0. The number of nitriles is 1. The summed E-state index contributed by atoms with van der Waals surface area (Å²) in [6, 6.07) is 10.3. The highest BCUT2D eigenvalue weighted by Gasteiger charge is 2.09. The minimum absolute atomic E-state index is 0.0306. The molecule has 20 heavy (non-hydrogen) atoms. The number of halogens is 2. The summed E-state index contributed by atoms with van der Waals surface area (Å²) >= 11 is 0. The third-order valence-electron chi connectivity index (χ3n) is 2.80. The van der Waals surface area contributed by atoms with Crippen molar-refractivity contribution in [1.82, 2.24) is 0 Å². The lowest BCUT2D eigenvalue weighted by Gasteiger charge is -2.11. The molecule has 0 aliphatic carbocycles. The highest BCUT2D eigenvalue weighted by atomic mass is 19.1. The summed E-state index contributed by atoms with van der Waals surface area (Å²) in [6.45, 7) is 0.183. The number of nitrogens with two attached hydrogens (primary N) is 1. The van der Waals surface area contributed by atoms with Crippen molar-refractivity contribution in [3.63, 3.8) is 0 Å². The van der Waals surface area contributed by atoms with Crippen LogP contribution >= 0.6 is 0 Å². The summed E-state index contributed by atoms with van der Waals surface area (Å²) in [5.41, 5.74) is 6.57. The minimum Gasteiger partial charge on any atom is -0.485 e. The van der Waals surface area contributed by atoms with Crippen LogP contribution in [0, 0.1) is 23.0 Å². The second-order valence-electron chi connectivity index (χ2n) is 4.15. The van der Waals surface area contributed by atoms with E-state index in [0.717, 1.165) is 0 Å². The van der Waals surface area contributed by atoms with E-state index >= 15 is 0 Å². The lowest BCUT2D eigenvalue weighted by atomic mass is 10.1. The molecular formula is C15H12F2N2O. The fraction of sp³-hybridized carbons (Fsp3) is 0.133. The average Bonchev–Trinajstić information content (AvgIpc) is 2.47. The van der Waals surface area contributed by atoms with E-state index < -0.39 is 11.6 Å². The number of rotatable bonds is 4. The van der Waals surface area contributed by atoms with Gasteiger partial charge in [-0.1, -0.05) is 18.2 Å². The second-order valence-corrected chi connectivity index (χ2v) is 4.15. The average molecular weight is 274 g/mol. The lowest BCUT2D eigenvalue weighted by Crippen LogP contribution is -2.05. The van der Waals surface area contributed by atoms with Crippen LogP contribution in [0.3, 0.4) is 0 Å². The summed E-state index contributed by atoms with van der Waals surface area (Å²) < 4.78 is 32.2. The molecule has 5 heteroatoms. The summed E-state index contributed by atoms with van der Waals surface area (Å²) in [5.74, 6) is -1.02. The van der Waals surface area contributed by atoms with Gasteiger partial charge in [-0.05, 0) is 23.8 Å². The van der Waals surface area contributed by atoms with E-state index in [-0.39, 0.29) is 24.5 Å². The first-order chi connectivity index (χ1) is 9.65. The first-order valence-electron chi connectivity index (χ1n) is 5.94. The van der Waals surface area contributed by atoms with Crippen molar-refractivity contribution in [2.45, 2.75) is 13.2 Å². The molecule has 0 bridgehead atoms. The van der Waals surface area contributed by atoms with Crippen LogP contribution in [0.1, 0.15) is 16.7 Å². The van der Waals surface area contributed by atoms with Crippen LogP contribution in [0.15, 0.2) is 36.4 Å². The van der Waals surface area contributed by atoms with E-state index in [9.17, 15) is 8.78 Å². The molecule has 0 spiro atoms. The van der Waals surface area contributed by atoms with Crippen molar-refractivity contribution in [3.8, 4) is 11.8 Å². The summed E-state index contributed by atoms with van der Waals surface area (Å²) in [5, 5.41) is 8.75. The van der Waals surface area contributed by atoms with Crippen LogP contribution in [-0.4, -0.2) is 0 Å². The highest BCUT2D eigenvalue weighted by Crippen LogP contribution is 2.23. The Labute approximate surface area is 115 Å². The van der Waals surface area contributed by atoms with Crippen LogP contribution < -0.4 is 10.5 Å². The van der Waals surface area contributed by atoms with Gasteiger partial charge in [-0.15, -0.1) is 0 Å². The maximum atomic E-state index is 13.7. The quantitative estimate of drug-likeness (QED) is 0.932. The normalized spacial score (nSPS) is 10.1. The largest absolute Gasteiger partial charge is 0.485 e. The molecule has 2 N–H and O–H groups in total. The van der Waals surface area contributed by atoms with Gasteiger partial charge < -0.3 is 10.5 Å². The van der Waals surface area contributed by atoms with Gasteiger partial charge in [-0.3, -0.25) is 0 Å². The molecule has 0 aliphatic rings. The zero-order chi connectivity index (χ0) is 14.5. The number of benzene rings is 2. The van der Waals surface area contributed by atoms with Gasteiger partial charge >= 0.3 is 0 Å². The zero-order valence-electron chi connectivity index (χ0n) is 10.6. The van der Waals surface area contributed by atoms with E-state index in [1.54, 1.807) is 18.2 Å². The Morgan fingerprint density at radius 3 is 2.65 bits per heavy atom. The Balaban J connectivity index is 2.19. The third-order valence-corrected chi connectivity index (χ3v) is 2.80. The fourth-order valence-corrected chi connectivity index (χ4v) is 1.78. The van der Waals surface area contributed by atoms with Crippen LogP contribution in [0.25, 0.3) is 0 Å². The molecule has 0 amide bonds. The molecule has 0 aromatic heterocycles. The van der Waals surface area contributed by atoms with Gasteiger partial charge in [0.25, 0.3) is 0 Å². The molecule has 0 heterocycles. The Morgan fingerprint density at radius 1 is 1.15 bits per heavy atom. The van der Waals surface area contributed by atoms with Crippen LogP contribution in [0.4, 0.5) is 8.78 Å². The molecule has 0 atom stereocenters. The maximum absolute atomic E-state index is 13.7. The zero-order valence-corrected chi connectivity index (χ0v) is 10.6. The van der Waals surface area contributed by atoms with Crippen molar-refractivity contribution < 1.29 is 13.5 Å². The molecule has 102 valence electrons. The number of ether oxygens (including phenoxy) is 1. The van der Waals surface area contributed by atoms with Crippen molar-refractivity contribution in [2.75, 3.05) is 0 Å². The molecule has 0 fully saturated rings. The second kappa shape index (κ2) is 6.13. The molecule has 0 saturated heterocycles. The summed E-state index contributed by atoms with van der Waals surface area (Å²) in [7, 11) is 0. The predicted octanol–water partition coefficient (Wildman–Crippen LogP) is 2.87. The van der Waals surface area contributed by atoms with E-state index in [1.807, 2.05) is 0 Å². The van der Waals surface area contributed by atoms with Gasteiger partial charge in [0.1, 0.15) is 18.5 Å². The van der Waals surface area contributed by atoms with Gasteiger partial charge in [0.2, 0.25) is 0 Å². The van der Waals surface area contributed by atoms with Crippen molar-refractivity contribution in [1.29, 1.82) is 5.26 Å². The standard InChI is InChI=1S/C15H12F2N2O/c16-13-5-4-10(6-12(13)8-19)9-20-15-11(7-18)2-1-3-14(15)17/h1-6H,7,9,18H2. The molecule has 2 rings (SSSR count). The van der Waals surface area contributed by atoms with Crippen molar-refractivity contribution >= 4 is 0 Å². The highest BCUT2D eigenvalue weighted by molar-refractivity contribution is 5.36. The Kier molecular flexibility index (Phi) is 4.28. The number of hydrogen-bond donors (Lipinski definition) is 1. The van der Waals surface area contributed by atoms with E-state index in [4.69, 9.17) is 15.7 Å². The number of para-hydroxylation sites is 1. The molecule has 3 nitrogen and oxygen atoms in total. The van der Waals surface area contributed by atoms with Crippen LogP contribution in [0.2, 0.25) is 0 Å². The van der Waals surface area contributed by atoms with E-state index in [2.05, 4.69) is 0 Å². The number of nitrogens with zero attached hydrogens (tertiary/aromatic N) is 1. The minimum atomic E-state index is -0.593. The van der Waals surface area contributed by atoms with Crippen LogP contribution in [0.5, 0.6) is 5.75 Å². The lowest BCUT2D eigenvalue weighted by molar-refractivity contribution is 0.287. The molecule has 2 aromatic carbocycles. The molecule has 2 aromatic rings. The van der Waals surface area contributed by atoms with Crippen LogP contribution in [-0.2, 0) is 13.2 Å². The Hall–Kier alpha value is -2.45. The summed E-state index contributed by atoms with van der Waals surface area (Å²) in [4.78, 5) is 0.